The van der Waals surface area contributed by atoms with Crippen LogP contribution >= 0.6 is 46.4 Å². The first-order valence-electron chi connectivity index (χ1n) is 4.90. The molecule has 0 aliphatic carbocycles. The SMILES string of the molecule is Clc1ccc(C(Cl)(Cl)c2ccccc2Cl)cc1. The molecule has 0 fully saturated rings. The highest BCUT2D eigenvalue weighted by molar-refractivity contribution is 6.51. The molecule has 0 nitrogen and oxygen atoms in total. The third-order valence-corrected chi connectivity index (χ3v) is 3.84. The van der Waals surface area contributed by atoms with Crippen LogP contribution in [-0.4, -0.2) is 0 Å². The van der Waals surface area contributed by atoms with Crippen molar-refractivity contribution in [2.24, 2.45) is 0 Å². The van der Waals surface area contributed by atoms with Gasteiger partial charge in [-0.2, -0.15) is 0 Å². The van der Waals surface area contributed by atoms with Crippen LogP contribution in [0.1, 0.15) is 11.1 Å². The van der Waals surface area contributed by atoms with Gasteiger partial charge in [-0.25, -0.2) is 0 Å². The van der Waals surface area contributed by atoms with Gasteiger partial charge in [-0.3, -0.25) is 0 Å². The van der Waals surface area contributed by atoms with Gasteiger partial charge in [-0.1, -0.05) is 76.7 Å². The van der Waals surface area contributed by atoms with Crippen LogP contribution < -0.4 is 0 Å². The molecule has 2 aromatic rings. The van der Waals surface area contributed by atoms with E-state index in [4.69, 9.17) is 46.4 Å². The quantitative estimate of drug-likeness (QED) is 0.627. The van der Waals surface area contributed by atoms with Crippen LogP contribution in [0.2, 0.25) is 10.0 Å². The fraction of sp³-hybridized carbons (Fsp3) is 0.0769. The lowest BCUT2D eigenvalue weighted by molar-refractivity contribution is 1.04. The Morgan fingerprint density at radius 3 is 1.94 bits per heavy atom. The third-order valence-electron chi connectivity index (χ3n) is 2.42. The van der Waals surface area contributed by atoms with E-state index in [0.717, 1.165) is 5.56 Å². The summed E-state index contributed by atoms with van der Waals surface area (Å²) < 4.78 is -1.18. The van der Waals surface area contributed by atoms with Crippen molar-refractivity contribution in [3.63, 3.8) is 0 Å². The minimum Gasteiger partial charge on any atom is -0.0909 e. The van der Waals surface area contributed by atoms with E-state index in [0.29, 0.717) is 15.6 Å². The fourth-order valence-electron chi connectivity index (χ4n) is 1.53. The molecule has 0 amide bonds. The van der Waals surface area contributed by atoms with Gasteiger partial charge in [0.15, 0.2) is 4.33 Å². The number of hydrogen-bond acceptors (Lipinski definition) is 0. The first-order valence-corrected chi connectivity index (χ1v) is 6.42. The molecule has 0 aliphatic heterocycles. The second-order valence-corrected chi connectivity index (χ2v) is 5.73. The van der Waals surface area contributed by atoms with Crippen LogP contribution in [-0.2, 0) is 4.33 Å². The Balaban J connectivity index is 2.49. The number of benzene rings is 2. The maximum Gasteiger partial charge on any atom is 0.169 e. The second-order valence-electron chi connectivity index (χ2n) is 3.56. The molecule has 0 bridgehead atoms. The number of hydrogen-bond donors (Lipinski definition) is 0. The van der Waals surface area contributed by atoms with Crippen molar-refractivity contribution in [1.29, 1.82) is 0 Å². The lowest BCUT2D eigenvalue weighted by Crippen LogP contribution is -2.12. The first-order chi connectivity index (χ1) is 8.01. The van der Waals surface area contributed by atoms with E-state index in [1.54, 1.807) is 36.4 Å². The lowest BCUT2D eigenvalue weighted by atomic mass is 10.0. The van der Waals surface area contributed by atoms with E-state index in [2.05, 4.69) is 0 Å². The van der Waals surface area contributed by atoms with Gasteiger partial charge in [-0.15, -0.1) is 0 Å². The summed E-state index contributed by atoms with van der Waals surface area (Å²) in [5.74, 6) is 0. The molecule has 17 heavy (non-hydrogen) atoms. The highest BCUT2D eigenvalue weighted by Gasteiger charge is 2.30. The van der Waals surface area contributed by atoms with Gasteiger partial charge in [0.1, 0.15) is 0 Å². The first kappa shape index (κ1) is 13.0. The molecule has 0 saturated carbocycles. The Kier molecular flexibility index (Phi) is 3.89. The van der Waals surface area contributed by atoms with Gasteiger partial charge in [0.2, 0.25) is 0 Å². The van der Waals surface area contributed by atoms with E-state index in [1.807, 2.05) is 12.1 Å². The predicted molar refractivity (Wildman–Crippen MR) is 75.4 cm³/mol. The molecule has 2 aromatic carbocycles. The van der Waals surface area contributed by atoms with Gasteiger partial charge in [0.05, 0.1) is 0 Å². The van der Waals surface area contributed by atoms with E-state index >= 15 is 0 Å². The summed E-state index contributed by atoms with van der Waals surface area (Å²) in [5.41, 5.74) is 1.39. The highest BCUT2D eigenvalue weighted by Crippen LogP contribution is 2.43. The monoisotopic (exact) mass is 304 g/mol. The molecule has 0 atom stereocenters. The van der Waals surface area contributed by atoms with Gasteiger partial charge >= 0.3 is 0 Å². The van der Waals surface area contributed by atoms with Gasteiger partial charge in [-0.05, 0) is 23.8 Å². The molecule has 0 saturated heterocycles. The number of alkyl halides is 2. The summed E-state index contributed by atoms with van der Waals surface area (Å²) in [6, 6.07) is 14.3. The van der Waals surface area contributed by atoms with Crippen molar-refractivity contribution in [2.75, 3.05) is 0 Å². The van der Waals surface area contributed by atoms with Crippen molar-refractivity contribution in [2.45, 2.75) is 4.33 Å². The highest BCUT2D eigenvalue weighted by atomic mass is 35.5. The molecule has 2 rings (SSSR count). The van der Waals surface area contributed by atoms with Crippen LogP contribution in [0.25, 0.3) is 0 Å². The van der Waals surface area contributed by atoms with Crippen molar-refractivity contribution in [3.8, 4) is 0 Å². The summed E-state index contributed by atoms with van der Waals surface area (Å²) in [4.78, 5) is 0. The molecule has 0 N–H and O–H groups in total. The standard InChI is InChI=1S/C13H8Cl4/c14-10-7-5-9(6-8-10)13(16,17)11-3-1-2-4-12(11)15/h1-8H. The summed E-state index contributed by atoms with van der Waals surface area (Å²) in [6.45, 7) is 0. The minimum atomic E-state index is -1.18. The smallest absolute Gasteiger partial charge is 0.0909 e. The summed E-state index contributed by atoms with van der Waals surface area (Å²) in [7, 11) is 0. The van der Waals surface area contributed by atoms with E-state index in [9.17, 15) is 0 Å². The second kappa shape index (κ2) is 5.07. The van der Waals surface area contributed by atoms with Crippen molar-refractivity contribution >= 4 is 46.4 Å². The van der Waals surface area contributed by atoms with Crippen molar-refractivity contribution < 1.29 is 0 Å². The van der Waals surface area contributed by atoms with Crippen LogP contribution in [0.4, 0.5) is 0 Å². The summed E-state index contributed by atoms with van der Waals surface area (Å²) in [5, 5.41) is 1.17. The third kappa shape index (κ3) is 2.71. The molecule has 0 unspecified atom stereocenters. The van der Waals surface area contributed by atoms with Crippen molar-refractivity contribution in [1.82, 2.24) is 0 Å². The van der Waals surface area contributed by atoms with E-state index < -0.39 is 4.33 Å². The normalized spacial score (nSPS) is 11.5. The Bertz CT molecular complexity index is 517. The van der Waals surface area contributed by atoms with Crippen LogP contribution in [0.15, 0.2) is 48.5 Å². The lowest BCUT2D eigenvalue weighted by Gasteiger charge is -2.21. The van der Waals surface area contributed by atoms with Gasteiger partial charge in [0, 0.05) is 15.6 Å². The molecule has 0 heterocycles. The van der Waals surface area contributed by atoms with Crippen LogP contribution in [0, 0.1) is 0 Å². The van der Waals surface area contributed by atoms with Crippen LogP contribution in [0.3, 0.4) is 0 Å². The zero-order chi connectivity index (χ0) is 12.5. The molecule has 0 radical (unpaired) electrons. The maximum atomic E-state index is 6.38. The summed E-state index contributed by atoms with van der Waals surface area (Å²) in [6.07, 6.45) is 0. The number of rotatable bonds is 2. The molecule has 0 spiro atoms. The molecule has 0 aliphatic rings. The molecular formula is C13H8Cl4. The maximum absolute atomic E-state index is 6.38. The zero-order valence-corrected chi connectivity index (χ0v) is 11.7. The Morgan fingerprint density at radius 2 is 1.35 bits per heavy atom. The average Bonchev–Trinajstić information content (AvgIpc) is 2.30. The van der Waals surface area contributed by atoms with Crippen LogP contribution in [0.5, 0.6) is 0 Å². The minimum absolute atomic E-state index is 0.535. The van der Waals surface area contributed by atoms with Gasteiger partial charge in [0.25, 0.3) is 0 Å². The van der Waals surface area contributed by atoms with Gasteiger partial charge < -0.3 is 0 Å². The molecular weight excluding hydrogens is 298 g/mol. The number of halogens is 4. The van der Waals surface area contributed by atoms with E-state index in [1.165, 1.54) is 0 Å². The predicted octanol–water partition coefficient (Wildman–Crippen LogP) is 5.67. The Labute approximate surface area is 120 Å². The van der Waals surface area contributed by atoms with Crippen molar-refractivity contribution in [3.05, 3.63) is 69.7 Å². The zero-order valence-electron chi connectivity index (χ0n) is 8.63. The Hall–Kier alpha value is -0.400. The van der Waals surface area contributed by atoms with E-state index in [-0.39, 0.29) is 0 Å². The summed E-state index contributed by atoms with van der Waals surface area (Å²) >= 11 is 24.7. The Morgan fingerprint density at radius 1 is 0.765 bits per heavy atom. The fourth-order valence-corrected chi connectivity index (χ4v) is 2.61. The topological polar surface area (TPSA) is 0 Å². The molecule has 88 valence electrons. The molecule has 4 heteroatoms. The largest absolute Gasteiger partial charge is 0.169 e. The average molecular weight is 306 g/mol. The molecule has 0 aromatic heterocycles.